The number of benzene rings is 1. The predicted molar refractivity (Wildman–Crippen MR) is 197 cm³/mol. The summed E-state index contributed by atoms with van der Waals surface area (Å²) in [6.45, 7) is 14.7. The molecule has 1 aromatic rings. The zero-order chi connectivity index (χ0) is 36.2. The minimum Gasteiger partial charge on any atom is -0.492 e. The first-order valence-corrected chi connectivity index (χ1v) is 19.0. The molecule has 2 aliphatic carbocycles. The maximum atomic E-state index is 14.0. The van der Waals surface area contributed by atoms with E-state index < -0.39 is 17.9 Å². The van der Waals surface area contributed by atoms with E-state index in [9.17, 15) is 15.0 Å². The molecule has 2 heterocycles. The lowest BCUT2D eigenvalue weighted by Gasteiger charge is -2.59. The quantitative estimate of drug-likeness (QED) is 0.0640. The number of nitrogens with zero attached hydrogens (tertiary/aromatic N) is 3. The molecule has 0 aromatic heterocycles. The number of ether oxygens (including phenoxy) is 4. The molecule has 0 radical (unpaired) electrons. The van der Waals surface area contributed by atoms with Gasteiger partial charge in [0.1, 0.15) is 31.3 Å². The molecule has 2 aliphatic heterocycles. The SMILES string of the molecule is C=CCCOC(=O)N(CCC)C1CC(=NOC)C2=CC(CCCCO)C(CCCCO)C3c4cc(OCCN5CC5)ccc4OC1(OCC=C)C23. The highest BCUT2D eigenvalue weighted by Gasteiger charge is 2.65. The van der Waals surface area contributed by atoms with Crippen LogP contribution in [0.3, 0.4) is 0 Å². The van der Waals surface area contributed by atoms with Crippen LogP contribution in [0.2, 0.25) is 0 Å². The van der Waals surface area contributed by atoms with Crippen molar-refractivity contribution in [1.82, 2.24) is 9.80 Å². The number of allylic oxidation sites excluding steroid dienone is 1. The number of unbranched alkanes of at least 4 members (excludes halogenated alkanes) is 2. The fourth-order valence-electron chi connectivity index (χ4n) is 8.36. The topological polar surface area (TPSA) is 122 Å². The summed E-state index contributed by atoms with van der Waals surface area (Å²) in [6.07, 6.45) is 11.9. The highest BCUT2D eigenvalue weighted by Crippen LogP contribution is 2.62. The highest BCUT2D eigenvalue weighted by molar-refractivity contribution is 6.02. The molecule has 1 amide bonds. The summed E-state index contributed by atoms with van der Waals surface area (Å²) in [6, 6.07) is 5.48. The van der Waals surface area contributed by atoms with Crippen molar-refractivity contribution < 1.29 is 38.8 Å². The van der Waals surface area contributed by atoms with Crippen molar-refractivity contribution >= 4 is 11.8 Å². The molecule has 0 spiro atoms. The number of hydrogen-bond donors (Lipinski definition) is 2. The van der Waals surface area contributed by atoms with E-state index in [1.54, 1.807) is 24.2 Å². The highest BCUT2D eigenvalue weighted by atomic mass is 16.7. The molecule has 6 unspecified atom stereocenters. The number of oxime groups is 1. The number of fused-ring (bicyclic) bond motifs is 2. The van der Waals surface area contributed by atoms with Gasteiger partial charge in [0.2, 0.25) is 5.79 Å². The lowest BCUT2D eigenvalue weighted by atomic mass is 9.55. The maximum Gasteiger partial charge on any atom is 0.410 e. The molecule has 4 aliphatic rings. The van der Waals surface area contributed by atoms with Crippen LogP contribution in [-0.2, 0) is 14.3 Å². The van der Waals surface area contributed by atoms with Crippen LogP contribution in [0.25, 0.3) is 0 Å². The number of aliphatic hydroxyl groups is 2. The molecule has 11 nitrogen and oxygen atoms in total. The van der Waals surface area contributed by atoms with Crippen molar-refractivity contribution in [1.29, 1.82) is 0 Å². The first-order chi connectivity index (χ1) is 25.0. The van der Waals surface area contributed by atoms with Crippen LogP contribution in [0, 0.1) is 17.8 Å². The Balaban J connectivity index is 1.70. The molecule has 1 saturated carbocycles. The van der Waals surface area contributed by atoms with Gasteiger partial charge in [0.05, 0.1) is 24.8 Å². The van der Waals surface area contributed by atoms with E-state index in [2.05, 4.69) is 35.4 Å². The third kappa shape index (κ3) is 8.99. The van der Waals surface area contributed by atoms with E-state index in [1.807, 2.05) is 19.1 Å². The Morgan fingerprint density at radius 1 is 1.12 bits per heavy atom. The van der Waals surface area contributed by atoms with Gasteiger partial charge in [-0.3, -0.25) is 9.80 Å². The van der Waals surface area contributed by atoms with Gasteiger partial charge in [-0.15, -0.1) is 13.2 Å². The van der Waals surface area contributed by atoms with Crippen molar-refractivity contribution in [3.63, 3.8) is 0 Å². The van der Waals surface area contributed by atoms with E-state index in [1.165, 1.54) is 0 Å². The summed E-state index contributed by atoms with van der Waals surface area (Å²) < 4.78 is 26.3. The molecule has 6 atom stereocenters. The second-order valence-corrected chi connectivity index (χ2v) is 14.0. The Kier molecular flexibility index (Phi) is 14.4. The monoisotopic (exact) mass is 709 g/mol. The fraction of sp³-hybridized carbons (Fsp3) is 0.650. The Morgan fingerprint density at radius 3 is 2.59 bits per heavy atom. The summed E-state index contributed by atoms with van der Waals surface area (Å²) in [5, 5.41) is 24.2. The Hall–Kier alpha value is -3.38. The number of rotatable bonds is 22. The van der Waals surface area contributed by atoms with E-state index in [0.29, 0.717) is 44.6 Å². The zero-order valence-electron chi connectivity index (χ0n) is 30.7. The van der Waals surface area contributed by atoms with Crippen LogP contribution < -0.4 is 9.47 Å². The largest absolute Gasteiger partial charge is 0.492 e. The average molecular weight is 710 g/mol. The summed E-state index contributed by atoms with van der Waals surface area (Å²) >= 11 is 0. The van der Waals surface area contributed by atoms with Crippen molar-refractivity contribution in [3.05, 3.63) is 60.7 Å². The molecular formula is C40H59N3O8. The van der Waals surface area contributed by atoms with Crippen molar-refractivity contribution in [2.45, 2.75) is 82.5 Å². The molecule has 2 fully saturated rings. The third-order valence-electron chi connectivity index (χ3n) is 10.7. The molecule has 5 rings (SSSR count). The van der Waals surface area contributed by atoms with E-state index in [0.717, 1.165) is 74.3 Å². The normalized spacial score (nSPS) is 27.0. The minimum atomic E-state index is -1.30. The lowest BCUT2D eigenvalue weighted by molar-refractivity contribution is -0.255. The van der Waals surface area contributed by atoms with Crippen LogP contribution in [0.1, 0.15) is 76.2 Å². The maximum absolute atomic E-state index is 14.0. The molecule has 1 aromatic carbocycles. The average Bonchev–Trinajstić information content (AvgIpc) is 3.96. The van der Waals surface area contributed by atoms with Gasteiger partial charge in [0.25, 0.3) is 0 Å². The van der Waals surface area contributed by atoms with Gasteiger partial charge in [-0.2, -0.15) is 0 Å². The van der Waals surface area contributed by atoms with Gasteiger partial charge in [-0.25, -0.2) is 4.79 Å². The third-order valence-corrected chi connectivity index (χ3v) is 10.7. The Bertz CT molecular complexity index is 1380. The second kappa shape index (κ2) is 18.9. The number of hydrogen-bond acceptors (Lipinski definition) is 10. The fourth-order valence-corrected chi connectivity index (χ4v) is 8.36. The summed E-state index contributed by atoms with van der Waals surface area (Å²) in [5.41, 5.74) is 2.81. The van der Waals surface area contributed by atoms with Crippen LogP contribution in [0.4, 0.5) is 4.79 Å². The molecule has 1 saturated heterocycles. The second-order valence-electron chi connectivity index (χ2n) is 14.0. The number of carbonyl (C=O) groups excluding carboxylic acids is 1. The molecule has 282 valence electrons. The van der Waals surface area contributed by atoms with Crippen LogP contribution in [-0.4, -0.2) is 110 Å². The minimum absolute atomic E-state index is 0.0998. The molecule has 2 N–H and O–H groups in total. The van der Waals surface area contributed by atoms with E-state index >= 15 is 0 Å². The zero-order valence-corrected chi connectivity index (χ0v) is 30.7. The standard InChI is InChI=1S/C40H59N3O8/c1-5-8-24-49-39(46)43(17-6-2)36-28-34(41-47-4)32-26-29(13-9-11-21-44)31(14-10-12-22-45)37-33-27-30(48-25-20-42-18-19-42)15-16-35(33)51-40(36,38(32)37)50-23-7-3/h5,7,15-16,26-27,29,31,36-38,44-45H,1,3,6,8-14,17-25,28H2,2,4H3. The number of aliphatic hydroxyl groups excluding tert-OH is 2. The predicted octanol–water partition coefficient (Wildman–Crippen LogP) is 6.07. The summed E-state index contributed by atoms with van der Waals surface area (Å²) in [4.78, 5) is 23.6. The molecule has 11 heteroatoms. The van der Waals surface area contributed by atoms with Gasteiger partial charge in [-0.1, -0.05) is 43.1 Å². The van der Waals surface area contributed by atoms with Crippen molar-refractivity contribution in [2.75, 3.05) is 66.3 Å². The van der Waals surface area contributed by atoms with Crippen molar-refractivity contribution in [3.8, 4) is 11.5 Å². The number of carbonyl (C=O) groups is 1. The number of amides is 1. The van der Waals surface area contributed by atoms with Crippen LogP contribution >= 0.6 is 0 Å². The van der Waals surface area contributed by atoms with Gasteiger partial charge in [-0.05, 0) is 74.1 Å². The summed E-state index contributed by atoms with van der Waals surface area (Å²) in [7, 11) is 1.55. The first kappa shape index (κ1) is 38.8. The van der Waals surface area contributed by atoms with Crippen molar-refractivity contribution in [2.24, 2.45) is 22.9 Å². The Morgan fingerprint density at radius 2 is 1.90 bits per heavy atom. The molecular weight excluding hydrogens is 650 g/mol. The first-order valence-electron chi connectivity index (χ1n) is 19.0. The molecule has 0 bridgehead atoms. The lowest BCUT2D eigenvalue weighted by Crippen LogP contribution is -2.70. The smallest absolute Gasteiger partial charge is 0.410 e. The van der Waals surface area contributed by atoms with Gasteiger partial charge in [0, 0.05) is 57.3 Å². The van der Waals surface area contributed by atoms with E-state index in [4.69, 9.17) is 23.8 Å². The van der Waals surface area contributed by atoms with Gasteiger partial charge < -0.3 is 34.0 Å². The summed E-state index contributed by atoms with van der Waals surface area (Å²) in [5.74, 6) is 0.0383. The molecule has 51 heavy (non-hydrogen) atoms. The van der Waals surface area contributed by atoms with Crippen LogP contribution in [0.15, 0.2) is 60.3 Å². The van der Waals surface area contributed by atoms with E-state index in [-0.39, 0.29) is 50.1 Å². The Labute approximate surface area is 303 Å². The van der Waals surface area contributed by atoms with Crippen LogP contribution in [0.5, 0.6) is 11.5 Å². The van der Waals surface area contributed by atoms with Gasteiger partial charge >= 0.3 is 6.09 Å². The van der Waals surface area contributed by atoms with Gasteiger partial charge in [0.15, 0.2) is 0 Å².